The van der Waals surface area contributed by atoms with Gasteiger partial charge in [0.15, 0.2) is 9.84 Å². The quantitative estimate of drug-likeness (QED) is 0.723. The minimum atomic E-state index is -3.24. The topological polar surface area (TPSA) is 97.5 Å². The van der Waals surface area contributed by atoms with Crippen molar-refractivity contribution in [3.63, 3.8) is 0 Å². The second-order valence-electron chi connectivity index (χ2n) is 3.71. The Morgan fingerprint density at radius 1 is 1.33 bits per heavy atom. The number of benzene rings is 1. The molecule has 0 spiro atoms. The summed E-state index contributed by atoms with van der Waals surface area (Å²) in [6.07, 6.45) is -0.140. The number of rotatable bonds is 7. The predicted octanol–water partition coefficient (Wildman–Crippen LogP) is 0.774. The largest absolute Gasteiger partial charge is 0.508 e. The van der Waals surface area contributed by atoms with Gasteiger partial charge in [-0.15, -0.1) is 11.8 Å². The van der Waals surface area contributed by atoms with Gasteiger partial charge in [-0.2, -0.15) is 0 Å². The summed E-state index contributed by atoms with van der Waals surface area (Å²) < 4.78 is 23.0. The van der Waals surface area contributed by atoms with Crippen molar-refractivity contribution in [3.8, 4) is 5.75 Å². The van der Waals surface area contributed by atoms with Crippen LogP contribution in [0.3, 0.4) is 0 Å². The van der Waals surface area contributed by atoms with Gasteiger partial charge in [-0.3, -0.25) is 4.79 Å². The normalized spacial score (nSPS) is 11.3. The zero-order chi connectivity index (χ0) is 13.6. The molecule has 0 aromatic heterocycles. The Bertz CT molecular complexity index is 514. The van der Waals surface area contributed by atoms with Crippen molar-refractivity contribution in [2.24, 2.45) is 5.73 Å². The highest BCUT2D eigenvalue weighted by Crippen LogP contribution is 2.22. The summed E-state index contributed by atoms with van der Waals surface area (Å²) in [5.41, 5.74) is 4.90. The summed E-state index contributed by atoms with van der Waals surface area (Å²) >= 11 is 1.34. The number of thioether (sulfide) groups is 1. The Labute approximate surface area is 110 Å². The maximum atomic E-state index is 11.5. The molecule has 0 bridgehead atoms. The minimum absolute atomic E-state index is 0.0133. The number of sulfone groups is 1. The first kappa shape index (κ1) is 14.8. The first-order valence-electron chi connectivity index (χ1n) is 5.29. The van der Waals surface area contributed by atoms with Gasteiger partial charge in [0, 0.05) is 17.1 Å². The molecule has 0 atom stereocenters. The van der Waals surface area contributed by atoms with E-state index < -0.39 is 15.7 Å². The number of phenolic OH excluding ortho intramolecular Hbond substituents is 1. The van der Waals surface area contributed by atoms with Crippen LogP contribution < -0.4 is 5.73 Å². The zero-order valence-electron chi connectivity index (χ0n) is 9.70. The highest BCUT2D eigenvalue weighted by atomic mass is 32.2. The van der Waals surface area contributed by atoms with E-state index in [2.05, 4.69) is 0 Å². The van der Waals surface area contributed by atoms with E-state index in [1.54, 1.807) is 24.3 Å². The fourth-order valence-corrected chi connectivity index (χ4v) is 3.90. The van der Waals surface area contributed by atoms with Gasteiger partial charge in [-0.05, 0) is 18.2 Å². The number of hydrogen-bond acceptors (Lipinski definition) is 5. The van der Waals surface area contributed by atoms with Gasteiger partial charge >= 0.3 is 0 Å². The first-order valence-corrected chi connectivity index (χ1v) is 8.10. The standard InChI is InChI=1S/C11H15NO4S2/c12-11(14)4-6-18(15,16)7-5-17-10-3-1-2-9(13)8-10/h1-3,8,13H,4-7H2,(H2,12,14). The van der Waals surface area contributed by atoms with Gasteiger partial charge in [0.2, 0.25) is 5.91 Å². The molecule has 0 aliphatic rings. The molecule has 1 amide bonds. The third-order valence-corrected chi connectivity index (χ3v) is 5.05. The highest BCUT2D eigenvalue weighted by Gasteiger charge is 2.12. The van der Waals surface area contributed by atoms with Crippen LogP contribution in [-0.2, 0) is 14.6 Å². The maximum absolute atomic E-state index is 11.5. The third kappa shape index (κ3) is 5.92. The lowest BCUT2D eigenvalue weighted by molar-refractivity contribution is -0.117. The second-order valence-corrected chi connectivity index (χ2v) is 7.19. The van der Waals surface area contributed by atoms with Crippen molar-refractivity contribution in [2.45, 2.75) is 11.3 Å². The molecule has 1 aromatic carbocycles. The van der Waals surface area contributed by atoms with E-state index in [9.17, 15) is 18.3 Å². The van der Waals surface area contributed by atoms with Gasteiger partial charge in [0.05, 0.1) is 11.5 Å². The zero-order valence-corrected chi connectivity index (χ0v) is 11.3. The van der Waals surface area contributed by atoms with Gasteiger partial charge in [0.1, 0.15) is 5.75 Å². The number of carbonyl (C=O) groups is 1. The minimum Gasteiger partial charge on any atom is -0.508 e. The fraction of sp³-hybridized carbons (Fsp3) is 0.364. The molecule has 7 heteroatoms. The molecular weight excluding hydrogens is 274 g/mol. The molecule has 0 radical (unpaired) electrons. The van der Waals surface area contributed by atoms with Gasteiger partial charge in [-0.25, -0.2) is 8.42 Å². The van der Waals surface area contributed by atoms with Gasteiger partial charge in [0.25, 0.3) is 0 Å². The second kappa shape index (κ2) is 6.65. The lowest BCUT2D eigenvalue weighted by Gasteiger charge is -2.03. The molecule has 1 rings (SSSR count). The fourth-order valence-electron chi connectivity index (χ4n) is 1.22. The van der Waals surface area contributed by atoms with Crippen LogP contribution in [0.1, 0.15) is 6.42 Å². The Balaban J connectivity index is 2.39. The van der Waals surface area contributed by atoms with Crippen LogP contribution >= 0.6 is 11.8 Å². The first-order chi connectivity index (χ1) is 8.39. The van der Waals surface area contributed by atoms with Crippen molar-refractivity contribution in [1.82, 2.24) is 0 Å². The molecule has 1 aromatic rings. The summed E-state index contributed by atoms with van der Waals surface area (Å²) in [6.45, 7) is 0. The Morgan fingerprint density at radius 3 is 2.67 bits per heavy atom. The number of hydrogen-bond donors (Lipinski definition) is 2. The Hall–Kier alpha value is -1.21. The van der Waals surface area contributed by atoms with Crippen LogP contribution in [0.15, 0.2) is 29.2 Å². The van der Waals surface area contributed by atoms with E-state index in [0.29, 0.717) is 5.75 Å². The molecule has 3 N–H and O–H groups in total. The molecule has 18 heavy (non-hydrogen) atoms. The van der Waals surface area contributed by atoms with Crippen LogP contribution in [0.2, 0.25) is 0 Å². The molecule has 0 heterocycles. The van der Waals surface area contributed by atoms with Crippen molar-refractivity contribution in [2.75, 3.05) is 17.3 Å². The number of phenols is 1. The average molecular weight is 289 g/mol. The smallest absolute Gasteiger partial charge is 0.218 e. The molecule has 0 saturated carbocycles. The molecule has 0 fully saturated rings. The van der Waals surface area contributed by atoms with Gasteiger partial charge in [-0.1, -0.05) is 6.07 Å². The van der Waals surface area contributed by atoms with E-state index in [-0.39, 0.29) is 23.7 Å². The Kier molecular flexibility index (Phi) is 5.49. The number of nitrogens with two attached hydrogens (primary N) is 1. The number of aromatic hydroxyl groups is 1. The highest BCUT2D eigenvalue weighted by molar-refractivity contribution is 8.00. The van der Waals surface area contributed by atoms with Crippen molar-refractivity contribution in [3.05, 3.63) is 24.3 Å². The molecule has 5 nitrogen and oxygen atoms in total. The maximum Gasteiger partial charge on any atom is 0.218 e. The van der Waals surface area contributed by atoms with Gasteiger partial charge < -0.3 is 10.8 Å². The summed E-state index contributed by atoms with van der Waals surface area (Å²) in [6, 6.07) is 6.61. The molecule has 0 aliphatic heterocycles. The molecular formula is C11H15NO4S2. The third-order valence-electron chi connectivity index (χ3n) is 2.14. The SMILES string of the molecule is NC(=O)CCS(=O)(=O)CCSc1cccc(O)c1. The molecule has 0 aliphatic carbocycles. The number of amides is 1. The van der Waals surface area contributed by atoms with Crippen LogP contribution in [0.5, 0.6) is 5.75 Å². The summed E-state index contributed by atoms with van der Waals surface area (Å²) in [5, 5.41) is 9.23. The monoisotopic (exact) mass is 289 g/mol. The number of primary amides is 1. The summed E-state index contributed by atoms with van der Waals surface area (Å²) in [4.78, 5) is 11.3. The lowest BCUT2D eigenvalue weighted by atomic mass is 10.3. The van der Waals surface area contributed by atoms with Crippen LogP contribution in [0, 0.1) is 0 Å². The van der Waals surface area contributed by atoms with E-state index in [1.165, 1.54) is 11.8 Å². The Morgan fingerprint density at radius 2 is 2.06 bits per heavy atom. The van der Waals surface area contributed by atoms with E-state index in [4.69, 9.17) is 5.73 Å². The summed E-state index contributed by atoms with van der Waals surface area (Å²) in [5.74, 6) is -0.301. The van der Waals surface area contributed by atoms with E-state index in [0.717, 1.165) is 4.90 Å². The van der Waals surface area contributed by atoms with Crippen molar-refractivity contribution < 1.29 is 18.3 Å². The predicted molar refractivity (Wildman–Crippen MR) is 71.3 cm³/mol. The number of carbonyl (C=O) groups excluding carboxylic acids is 1. The van der Waals surface area contributed by atoms with Crippen LogP contribution in [-0.4, -0.2) is 36.7 Å². The summed E-state index contributed by atoms with van der Waals surface area (Å²) in [7, 11) is -3.24. The molecule has 100 valence electrons. The van der Waals surface area contributed by atoms with Crippen molar-refractivity contribution in [1.29, 1.82) is 0 Å². The van der Waals surface area contributed by atoms with E-state index >= 15 is 0 Å². The van der Waals surface area contributed by atoms with Crippen molar-refractivity contribution >= 4 is 27.5 Å². The van der Waals surface area contributed by atoms with Crippen LogP contribution in [0.25, 0.3) is 0 Å². The molecule has 0 unspecified atom stereocenters. The molecule has 0 saturated heterocycles. The average Bonchev–Trinajstić information content (AvgIpc) is 2.26. The lowest BCUT2D eigenvalue weighted by Crippen LogP contribution is -2.19. The van der Waals surface area contributed by atoms with E-state index in [1.807, 2.05) is 0 Å². The van der Waals surface area contributed by atoms with Crippen LogP contribution in [0.4, 0.5) is 0 Å².